The molecule has 0 aliphatic carbocycles. The van der Waals surface area contributed by atoms with Crippen LogP contribution < -0.4 is 4.74 Å². The standard InChI is InChI=1S/C7H6N2O2/c10-9-6-4-11-7-3-8-2-1-5(6)7/h1-3,10H,4H2/b9-6+. The average Bonchev–Trinajstić information content (AvgIpc) is 2.47. The van der Waals surface area contributed by atoms with Gasteiger partial charge in [-0.25, -0.2) is 0 Å². The molecule has 0 saturated heterocycles. The maximum atomic E-state index is 8.50. The number of aromatic nitrogens is 1. The smallest absolute Gasteiger partial charge is 0.147 e. The van der Waals surface area contributed by atoms with Gasteiger partial charge in [0, 0.05) is 11.8 Å². The highest BCUT2D eigenvalue weighted by Gasteiger charge is 2.18. The van der Waals surface area contributed by atoms with Gasteiger partial charge in [-0.1, -0.05) is 5.16 Å². The summed E-state index contributed by atoms with van der Waals surface area (Å²) in [5.41, 5.74) is 1.38. The van der Waals surface area contributed by atoms with Crippen molar-refractivity contribution >= 4 is 5.71 Å². The highest BCUT2D eigenvalue weighted by molar-refractivity contribution is 6.05. The van der Waals surface area contributed by atoms with E-state index in [-0.39, 0.29) is 0 Å². The zero-order valence-electron chi connectivity index (χ0n) is 5.69. The van der Waals surface area contributed by atoms with Gasteiger partial charge < -0.3 is 9.94 Å². The van der Waals surface area contributed by atoms with E-state index < -0.39 is 0 Å². The van der Waals surface area contributed by atoms with E-state index >= 15 is 0 Å². The Morgan fingerprint density at radius 1 is 1.64 bits per heavy atom. The quantitative estimate of drug-likeness (QED) is 0.436. The first kappa shape index (κ1) is 6.15. The molecule has 1 aromatic heterocycles. The molecule has 2 rings (SSSR count). The molecule has 2 heterocycles. The predicted molar refractivity (Wildman–Crippen MR) is 38.1 cm³/mol. The van der Waals surface area contributed by atoms with Crippen molar-refractivity contribution in [3.8, 4) is 5.75 Å². The second kappa shape index (κ2) is 2.23. The Bertz CT molecular complexity index is 309. The van der Waals surface area contributed by atoms with Crippen LogP contribution in [0.2, 0.25) is 0 Å². The van der Waals surface area contributed by atoms with Crippen molar-refractivity contribution in [2.75, 3.05) is 6.61 Å². The Morgan fingerprint density at radius 3 is 3.36 bits per heavy atom. The maximum absolute atomic E-state index is 8.50. The second-order valence-electron chi connectivity index (χ2n) is 2.21. The summed E-state index contributed by atoms with van der Waals surface area (Å²) in [7, 11) is 0. The molecule has 0 aromatic carbocycles. The van der Waals surface area contributed by atoms with E-state index in [1.165, 1.54) is 0 Å². The van der Waals surface area contributed by atoms with Crippen LogP contribution in [-0.2, 0) is 0 Å². The molecule has 0 atom stereocenters. The highest BCUT2D eigenvalue weighted by atomic mass is 16.5. The predicted octanol–water partition coefficient (Wildman–Crippen LogP) is 0.652. The van der Waals surface area contributed by atoms with E-state index in [2.05, 4.69) is 10.1 Å². The lowest BCUT2D eigenvalue weighted by molar-refractivity contribution is 0.313. The molecule has 0 spiro atoms. The molecule has 11 heavy (non-hydrogen) atoms. The topological polar surface area (TPSA) is 54.7 Å². The molecule has 1 N–H and O–H groups in total. The van der Waals surface area contributed by atoms with Crippen molar-refractivity contribution in [3.05, 3.63) is 24.0 Å². The first-order chi connectivity index (χ1) is 5.42. The highest BCUT2D eigenvalue weighted by Crippen LogP contribution is 2.22. The van der Waals surface area contributed by atoms with Crippen LogP contribution in [0.5, 0.6) is 5.75 Å². The van der Waals surface area contributed by atoms with Crippen molar-refractivity contribution in [1.82, 2.24) is 4.98 Å². The molecule has 0 saturated carbocycles. The molecule has 0 radical (unpaired) electrons. The number of hydrogen-bond acceptors (Lipinski definition) is 4. The van der Waals surface area contributed by atoms with Crippen LogP contribution in [0.25, 0.3) is 0 Å². The summed E-state index contributed by atoms with van der Waals surface area (Å²) in [6.07, 6.45) is 3.24. The van der Waals surface area contributed by atoms with Gasteiger partial charge in [-0.05, 0) is 6.07 Å². The number of ether oxygens (including phenoxy) is 1. The van der Waals surface area contributed by atoms with Crippen molar-refractivity contribution in [1.29, 1.82) is 0 Å². The molecule has 0 amide bonds. The van der Waals surface area contributed by atoms with Gasteiger partial charge in [0.2, 0.25) is 0 Å². The number of oxime groups is 1. The van der Waals surface area contributed by atoms with E-state index in [1.54, 1.807) is 18.5 Å². The Balaban J connectivity index is 2.55. The fraction of sp³-hybridized carbons (Fsp3) is 0.143. The fourth-order valence-corrected chi connectivity index (χ4v) is 1.04. The lowest BCUT2D eigenvalue weighted by atomic mass is 10.2. The van der Waals surface area contributed by atoms with E-state index in [0.717, 1.165) is 5.56 Å². The van der Waals surface area contributed by atoms with E-state index in [0.29, 0.717) is 18.1 Å². The lowest BCUT2D eigenvalue weighted by Gasteiger charge is -1.92. The van der Waals surface area contributed by atoms with Crippen LogP contribution in [0.3, 0.4) is 0 Å². The average molecular weight is 150 g/mol. The minimum absolute atomic E-state index is 0.331. The minimum Gasteiger partial charge on any atom is -0.485 e. The van der Waals surface area contributed by atoms with Gasteiger partial charge in [0.25, 0.3) is 0 Å². The third kappa shape index (κ3) is 0.832. The third-order valence-corrected chi connectivity index (χ3v) is 1.58. The summed E-state index contributed by atoms with van der Waals surface area (Å²) in [5, 5.41) is 11.6. The van der Waals surface area contributed by atoms with Crippen LogP contribution in [0.1, 0.15) is 5.56 Å². The Labute approximate surface area is 63.1 Å². The van der Waals surface area contributed by atoms with Gasteiger partial charge in [-0.15, -0.1) is 0 Å². The molecule has 1 aliphatic heterocycles. The summed E-state index contributed by atoms with van der Waals surface area (Å²) >= 11 is 0. The number of rotatable bonds is 0. The van der Waals surface area contributed by atoms with Gasteiger partial charge in [0.15, 0.2) is 0 Å². The van der Waals surface area contributed by atoms with E-state index in [9.17, 15) is 0 Å². The number of fused-ring (bicyclic) bond motifs is 1. The van der Waals surface area contributed by atoms with Crippen LogP contribution >= 0.6 is 0 Å². The first-order valence-corrected chi connectivity index (χ1v) is 3.20. The summed E-state index contributed by atoms with van der Waals surface area (Å²) in [6.45, 7) is 0.331. The Hall–Kier alpha value is -1.58. The van der Waals surface area contributed by atoms with Crippen molar-refractivity contribution in [3.63, 3.8) is 0 Å². The van der Waals surface area contributed by atoms with Crippen LogP contribution in [-0.4, -0.2) is 22.5 Å². The minimum atomic E-state index is 0.331. The van der Waals surface area contributed by atoms with Crippen LogP contribution in [0.4, 0.5) is 0 Å². The molecular formula is C7H6N2O2. The largest absolute Gasteiger partial charge is 0.485 e. The van der Waals surface area contributed by atoms with Crippen LogP contribution in [0, 0.1) is 0 Å². The fourth-order valence-electron chi connectivity index (χ4n) is 1.04. The molecule has 1 aromatic rings. The van der Waals surface area contributed by atoms with Gasteiger partial charge in [-0.3, -0.25) is 4.98 Å². The Morgan fingerprint density at radius 2 is 2.55 bits per heavy atom. The summed E-state index contributed by atoms with van der Waals surface area (Å²) in [5.74, 6) is 0.681. The monoisotopic (exact) mass is 150 g/mol. The zero-order chi connectivity index (χ0) is 7.68. The van der Waals surface area contributed by atoms with Gasteiger partial charge in [0.1, 0.15) is 18.1 Å². The Kier molecular flexibility index (Phi) is 1.25. The van der Waals surface area contributed by atoms with E-state index in [1.807, 2.05) is 0 Å². The van der Waals surface area contributed by atoms with Gasteiger partial charge in [0.05, 0.1) is 6.20 Å². The number of hydrogen-bond donors (Lipinski definition) is 1. The third-order valence-electron chi connectivity index (χ3n) is 1.58. The first-order valence-electron chi connectivity index (χ1n) is 3.20. The van der Waals surface area contributed by atoms with Crippen molar-refractivity contribution < 1.29 is 9.94 Å². The molecule has 0 fully saturated rings. The van der Waals surface area contributed by atoms with Crippen molar-refractivity contribution in [2.45, 2.75) is 0 Å². The lowest BCUT2D eigenvalue weighted by Crippen LogP contribution is -2.01. The van der Waals surface area contributed by atoms with Crippen molar-refractivity contribution in [2.24, 2.45) is 5.16 Å². The summed E-state index contributed by atoms with van der Waals surface area (Å²) in [6, 6.07) is 1.76. The molecule has 1 aliphatic rings. The molecule has 0 bridgehead atoms. The molecule has 56 valence electrons. The number of nitrogens with zero attached hydrogens (tertiary/aromatic N) is 2. The molecular weight excluding hydrogens is 144 g/mol. The normalized spacial score (nSPS) is 18.0. The van der Waals surface area contributed by atoms with Gasteiger partial charge >= 0.3 is 0 Å². The molecule has 4 heteroatoms. The summed E-state index contributed by atoms with van der Waals surface area (Å²) in [4.78, 5) is 3.86. The second-order valence-corrected chi connectivity index (χ2v) is 2.21. The van der Waals surface area contributed by atoms with E-state index in [4.69, 9.17) is 9.94 Å². The maximum Gasteiger partial charge on any atom is 0.147 e. The molecule has 4 nitrogen and oxygen atoms in total. The number of pyridine rings is 1. The zero-order valence-corrected chi connectivity index (χ0v) is 5.69. The summed E-state index contributed by atoms with van der Waals surface area (Å²) < 4.78 is 5.15. The van der Waals surface area contributed by atoms with Crippen LogP contribution in [0.15, 0.2) is 23.6 Å². The SMILES string of the molecule is O/N=C1\COc2cnccc21. The molecule has 0 unspecified atom stereocenters. The van der Waals surface area contributed by atoms with Gasteiger partial charge in [-0.2, -0.15) is 0 Å².